The fraction of sp³-hybridized carbons (Fsp3) is 0.667. The van der Waals surface area contributed by atoms with Crippen molar-refractivity contribution in [3.63, 3.8) is 0 Å². The van der Waals surface area contributed by atoms with Crippen LogP contribution in [0.3, 0.4) is 0 Å². The highest BCUT2D eigenvalue weighted by molar-refractivity contribution is 5.85. The van der Waals surface area contributed by atoms with E-state index in [0.717, 1.165) is 32.7 Å². The van der Waals surface area contributed by atoms with Gasteiger partial charge in [0.25, 0.3) is 0 Å². The number of hydrogen-bond acceptors (Lipinski definition) is 4. The molecule has 1 aromatic carbocycles. The van der Waals surface area contributed by atoms with Crippen LogP contribution < -0.4 is 0 Å². The number of phenols is 1. The minimum absolute atomic E-state index is 0. The van der Waals surface area contributed by atoms with Crippen LogP contribution in [-0.2, 0) is 11.2 Å². The molecule has 2 saturated heterocycles. The van der Waals surface area contributed by atoms with E-state index in [1.807, 2.05) is 12.1 Å². The predicted octanol–water partition coefficient (Wildman–Crippen LogP) is 2.67. The number of nitrogens with zero attached hydrogens (tertiary/aromatic N) is 2. The largest absolute Gasteiger partial charge is 0.508 e. The number of rotatable bonds is 3. The Hall–Kier alpha value is -0.520. The van der Waals surface area contributed by atoms with Gasteiger partial charge in [-0.05, 0) is 43.0 Å². The Balaban J connectivity index is 0.00000104. The van der Waals surface area contributed by atoms with Crippen molar-refractivity contribution >= 4 is 24.8 Å². The third-order valence-corrected chi connectivity index (χ3v) is 5.75. The maximum atomic E-state index is 10.1. The summed E-state index contributed by atoms with van der Waals surface area (Å²) in [5.74, 6) is 1.13. The zero-order valence-corrected chi connectivity index (χ0v) is 15.7. The quantitative estimate of drug-likeness (QED) is 0.881. The molecule has 3 aliphatic rings. The first kappa shape index (κ1) is 19.8. The summed E-state index contributed by atoms with van der Waals surface area (Å²) in [7, 11) is 0. The van der Waals surface area contributed by atoms with Gasteiger partial charge in [-0.15, -0.1) is 24.8 Å². The number of benzene rings is 1. The fourth-order valence-electron chi connectivity index (χ4n) is 4.54. The molecule has 2 unspecified atom stereocenters. The molecule has 4 rings (SSSR count). The van der Waals surface area contributed by atoms with Gasteiger partial charge in [-0.3, -0.25) is 9.80 Å². The van der Waals surface area contributed by atoms with Gasteiger partial charge in [0.2, 0.25) is 0 Å². The van der Waals surface area contributed by atoms with Crippen LogP contribution in [0.2, 0.25) is 0 Å². The zero-order chi connectivity index (χ0) is 14.9. The topological polar surface area (TPSA) is 35.9 Å². The summed E-state index contributed by atoms with van der Waals surface area (Å²) < 4.78 is 5.43. The number of morpholine rings is 1. The van der Waals surface area contributed by atoms with E-state index in [4.69, 9.17) is 4.74 Å². The molecule has 0 spiro atoms. The molecule has 2 aliphatic heterocycles. The molecule has 1 aliphatic carbocycles. The van der Waals surface area contributed by atoms with Gasteiger partial charge in [-0.2, -0.15) is 0 Å². The van der Waals surface area contributed by atoms with Crippen LogP contribution in [0.1, 0.15) is 29.9 Å². The average molecular weight is 375 g/mol. The van der Waals surface area contributed by atoms with Crippen LogP contribution in [0.15, 0.2) is 18.2 Å². The molecule has 0 saturated carbocycles. The van der Waals surface area contributed by atoms with Crippen molar-refractivity contribution < 1.29 is 9.84 Å². The van der Waals surface area contributed by atoms with Crippen LogP contribution >= 0.6 is 24.8 Å². The van der Waals surface area contributed by atoms with Crippen LogP contribution in [0.25, 0.3) is 0 Å². The van der Waals surface area contributed by atoms with Gasteiger partial charge >= 0.3 is 0 Å². The molecular formula is C18H28Cl2N2O2. The van der Waals surface area contributed by atoms with E-state index in [1.165, 1.54) is 43.6 Å². The predicted molar refractivity (Wildman–Crippen MR) is 101 cm³/mol. The second kappa shape index (κ2) is 8.72. The van der Waals surface area contributed by atoms with Gasteiger partial charge in [0, 0.05) is 38.1 Å². The Morgan fingerprint density at radius 3 is 2.62 bits per heavy atom. The molecule has 4 nitrogen and oxygen atoms in total. The molecule has 0 bridgehead atoms. The molecule has 0 radical (unpaired) electrons. The Morgan fingerprint density at radius 2 is 1.83 bits per heavy atom. The van der Waals surface area contributed by atoms with Crippen molar-refractivity contribution in [2.45, 2.75) is 31.2 Å². The minimum Gasteiger partial charge on any atom is -0.508 e. The van der Waals surface area contributed by atoms with Crippen molar-refractivity contribution in [3.8, 4) is 5.75 Å². The Kier molecular flexibility index (Phi) is 7.20. The van der Waals surface area contributed by atoms with E-state index in [-0.39, 0.29) is 24.8 Å². The second-order valence-electron chi connectivity index (χ2n) is 6.84. The summed E-state index contributed by atoms with van der Waals surface area (Å²) in [6.45, 7) is 7.48. The van der Waals surface area contributed by atoms with Crippen molar-refractivity contribution in [1.29, 1.82) is 0 Å². The third-order valence-electron chi connectivity index (χ3n) is 5.75. The number of ether oxygens (including phenoxy) is 1. The highest BCUT2D eigenvalue weighted by Gasteiger charge is 2.39. The molecule has 1 N–H and O–H groups in total. The molecule has 6 heteroatoms. The Morgan fingerprint density at radius 1 is 1.04 bits per heavy atom. The van der Waals surface area contributed by atoms with Gasteiger partial charge in [0.05, 0.1) is 13.2 Å². The first-order valence-corrected chi connectivity index (χ1v) is 8.68. The van der Waals surface area contributed by atoms with Crippen LogP contribution in [0.5, 0.6) is 5.75 Å². The molecule has 0 aromatic heterocycles. The van der Waals surface area contributed by atoms with Crippen LogP contribution in [0, 0.1) is 0 Å². The summed E-state index contributed by atoms with van der Waals surface area (Å²) >= 11 is 0. The first-order valence-electron chi connectivity index (χ1n) is 8.68. The lowest BCUT2D eigenvalue weighted by Gasteiger charge is -2.35. The highest BCUT2D eigenvalue weighted by Crippen LogP contribution is 2.43. The molecule has 24 heavy (non-hydrogen) atoms. The van der Waals surface area contributed by atoms with Crippen molar-refractivity contribution in [2.24, 2.45) is 0 Å². The van der Waals surface area contributed by atoms with E-state index in [1.54, 1.807) is 0 Å². The SMILES string of the molecule is Cl.Cl.Oc1cccc2c1CCC1C2CCN1CCN1CCOCC1. The van der Waals surface area contributed by atoms with Crippen molar-refractivity contribution in [1.82, 2.24) is 9.80 Å². The van der Waals surface area contributed by atoms with Crippen LogP contribution in [-0.4, -0.2) is 66.9 Å². The van der Waals surface area contributed by atoms with E-state index >= 15 is 0 Å². The van der Waals surface area contributed by atoms with Crippen molar-refractivity contribution in [3.05, 3.63) is 29.3 Å². The van der Waals surface area contributed by atoms with Crippen LogP contribution in [0.4, 0.5) is 0 Å². The van der Waals surface area contributed by atoms with Gasteiger partial charge in [-0.1, -0.05) is 12.1 Å². The van der Waals surface area contributed by atoms with Gasteiger partial charge in [-0.25, -0.2) is 0 Å². The number of likely N-dealkylation sites (tertiary alicyclic amines) is 1. The molecule has 0 amide bonds. The number of phenolic OH excluding ortho intramolecular Hbond substituents is 1. The van der Waals surface area contributed by atoms with Gasteiger partial charge < -0.3 is 9.84 Å². The lowest BCUT2D eigenvalue weighted by Crippen LogP contribution is -2.43. The zero-order valence-electron chi connectivity index (χ0n) is 14.0. The lowest BCUT2D eigenvalue weighted by molar-refractivity contribution is 0.0322. The monoisotopic (exact) mass is 374 g/mol. The number of fused-ring (bicyclic) bond motifs is 3. The first-order chi connectivity index (χ1) is 10.8. The standard InChI is InChI=1S/C18H26N2O2.2ClH/c21-18-3-1-2-14-15-6-7-20(17(15)5-4-16(14)18)9-8-19-10-12-22-13-11-19;;/h1-3,15,17,21H,4-13H2;2*1H. The van der Waals surface area contributed by atoms with E-state index in [2.05, 4.69) is 15.9 Å². The molecule has 2 fully saturated rings. The van der Waals surface area contributed by atoms with Gasteiger partial charge in [0.15, 0.2) is 0 Å². The molecular weight excluding hydrogens is 347 g/mol. The van der Waals surface area contributed by atoms with Gasteiger partial charge in [0.1, 0.15) is 5.75 Å². The normalized spacial score (nSPS) is 26.8. The Labute approximate surface area is 157 Å². The summed E-state index contributed by atoms with van der Waals surface area (Å²) in [6.07, 6.45) is 3.46. The number of aromatic hydroxyl groups is 1. The van der Waals surface area contributed by atoms with E-state index in [9.17, 15) is 5.11 Å². The average Bonchev–Trinajstić information content (AvgIpc) is 2.98. The van der Waals surface area contributed by atoms with E-state index in [0.29, 0.717) is 17.7 Å². The number of hydrogen-bond donors (Lipinski definition) is 1. The number of halogens is 2. The summed E-state index contributed by atoms with van der Waals surface area (Å²) in [6, 6.07) is 6.75. The maximum absolute atomic E-state index is 10.1. The molecule has 2 heterocycles. The smallest absolute Gasteiger partial charge is 0.119 e. The molecule has 2 atom stereocenters. The summed E-state index contributed by atoms with van der Waals surface area (Å²) in [5, 5.41) is 10.1. The molecule has 1 aromatic rings. The third kappa shape index (κ3) is 3.83. The fourth-order valence-corrected chi connectivity index (χ4v) is 4.54. The lowest BCUT2D eigenvalue weighted by atomic mass is 9.79. The molecule has 136 valence electrons. The minimum atomic E-state index is 0. The second-order valence-corrected chi connectivity index (χ2v) is 6.84. The summed E-state index contributed by atoms with van der Waals surface area (Å²) in [5.41, 5.74) is 2.61. The van der Waals surface area contributed by atoms with E-state index < -0.39 is 0 Å². The highest BCUT2D eigenvalue weighted by atomic mass is 35.5. The maximum Gasteiger partial charge on any atom is 0.119 e. The summed E-state index contributed by atoms with van der Waals surface area (Å²) in [4.78, 5) is 5.21. The Bertz CT molecular complexity index is 538. The van der Waals surface area contributed by atoms with Crippen molar-refractivity contribution in [2.75, 3.05) is 45.9 Å².